The fraction of sp³-hybridized carbons (Fsp3) is 0.538. The number of carboxylic acid groups (broad SMARTS) is 1. The molecule has 0 unspecified atom stereocenters. The highest BCUT2D eigenvalue weighted by Crippen LogP contribution is 2.30. The number of carbonyl (C=O) groups is 1. The van der Waals surface area contributed by atoms with E-state index in [1.54, 1.807) is 6.20 Å². The van der Waals surface area contributed by atoms with Crippen LogP contribution in [0.4, 0.5) is 0 Å². The van der Waals surface area contributed by atoms with Gasteiger partial charge in [-0.2, -0.15) is 0 Å². The lowest BCUT2D eigenvalue weighted by Crippen LogP contribution is -2.31. The van der Waals surface area contributed by atoms with E-state index in [2.05, 4.69) is 4.98 Å². The van der Waals surface area contributed by atoms with E-state index in [1.807, 2.05) is 24.0 Å². The summed E-state index contributed by atoms with van der Waals surface area (Å²) in [5.41, 5.74) is 2.10. The summed E-state index contributed by atoms with van der Waals surface area (Å²) >= 11 is 0. The first-order valence-corrected chi connectivity index (χ1v) is 6.00. The van der Waals surface area contributed by atoms with Crippen LogP contribution in [0.1, 0.15) is 24.1 Å². The maximum atomic E-state index is 10.8. The van der Waals surface area contributed by atoms with Crippen molar-refractivity contribution in [2.45, 2.75) is 26.3 Å². The van der Waals surface area contributed by atoms with Gasteiger partial charge in [-0.05, 0) is 37.3 Å². The normalized spacial score (nSPS) is 15.2. The molecule has 0 aliphatic heterocycles. The van der Waals surface area contributed by atoms with Crippen LogP contribution in [0.2, 0.25) is 0 Å². The van der Waals surface area contributed by atoms with Gasteiger partial charge in [-0.1, -0.05) is 6.07 Å². The Kier molecular flexibility index (Phi) is 3.74. The number of hydrogen-bond donors (Lipinski definition) is 1. The molecule has 1 saturated carbocycles. The van der Waals surface area contributed by atoms with Crippen LogP contribution in [0.15, 0.2) is 18.3 Å². The SMILES string of the molecule is Cc1cccnc1CN(CC(=O)O)CC1CC1. The van der Waals surface area contributed by atoms with Gasteiger partial charge in [-0.15, -0.1) is 0 Å². The molecule has 1 aromatic rings. The van der Waals surface area contributed by atoms with E-state index in [1.165, 1.54) is 12.8 Å². The van der Waals surface area contributed by atoms with Crippen molar-refractivity contribution in [3.05, 3.63) is 29.6 Å². The molecule has 0 radical (unpaired) electrons. The first-order chi connectivity index (χ1) is 8.15. The monoisotopic (exact) mass is 234 g/mol. The van der Waals surface area contributed by atoms with Crippen molar-refractivity contribution in [1.82, 2.24) is 9.88 Å². The average Bonchev–Trinajstić information content (AvgIpc) is 3.04. The number of carboxylic acids is 1. The van der Waals surface area contributed by atoms with Crippen LogP contribution in [0.5, 0.6) is 0 Å². The molecule has 1 aliphatic carbocycles. The van der Waals surface area contributed by atoms with Crippen LogP contribution in [0.25, 0.3) is 0 Å². The molecule has 1 aliphatic rings. The summed E-state index contributed by atoms with van der Waals surface area (Å²) in [4.78, 5) is 17.1. The molecule has 0 bridgehead atoms. The minimum atomic E-state index is -0.765. The van der Waals surface area contributed by atoms with Gasteiger partial charge in [0.15, 0.2) is 0 Å². The van der Waals surface area contributed by atoms with Gasteiger partial charge in [0.2, 0.25) is 0 Å². The highest BCUT2D eigenvalue weighted by molar-refractivity contribution is 5.69. The summed E-state index contributed by atoms with van der Waals surface area (Å²) in [5.74, 6) is -0.0717. The molecule has 0 aromatic carbocycles. The van der Waals surface area contributed by atoms with Crippen molar-refractivity contribution in [2.75, 3.05) is 13.1 Å². The minimum Gasteiger partial charge on any atom is -0.480 e. The molecule has 4 heteroatoms. The van der Waals surface area contributed by atoms with Crippen molar-refractivity contribution in [3.8, 4) is 0 Å². The molecule has 1 fully saturated rings. The third kappa shape index (κ3) is 3.82. The summed E-state index contributed by atoms with van der Waals surface area (Å²) in [6.07, 6.45) is 4.23. The van der Waals surface area contributed by atoms with E-state index in [9.17, 15) is 4.79 Å². The predicted molar refractivity (Wildman–Crippen MR) is 64.6 cm³/mol. The molecule has 2 rings (SSSR count). The second kappa shape index (κ2) is 5.27. The van der Waals surface area contributed by atoms with E-state index < -0.39 is 5.97 Å². The van der Waals surface area contributed by atoms with Crippen LogP contribution in [-0.4, -0.2) is 34.0 Å². The third-order valence-electron chi connectivity index (χ3n) is 3.06. The summed E-state index contributed by atoms with van der Waals surface area (Å²) in [6.45, 7) is 3.63. The van der Waals surface area contributed by atoms with Crippen LogP contribution in [0, 0.1) is 12.8 Å². The van der Waals surface area contributed by atoms with Gasteiger partial charge in [-0.25, -0.2) is 0 Å². The Labute approximate surface area is 101 Å². The quantitative estimate of drug-likeness (QED) is 0.813. The molecule has 0 spiro atoms. The van der Waals surface area contributed by atoms with Gasteiger partial charge in [0.1, 0.15) is 0 Å². The van der Waals surface area contributed by atoms with Crippen LogP contribution in [-0.2, 0) is 11.3 Å². The van der Waals surface area contributed by atoms with Crippen molar-refractivity contribution >= 4 is 5.97 Å². The van der Waals surface area contributed by atoms with Gasteiger partial charge in [0, 0.05) is 19.3 Å². The largest absolute Gasteiger partial charge is 0.480 e. The number of rotatable bonds is 6. The van der Waals surface area contributed by atoms with E-state index in [0.29, 0.717) is 12.5 Å². The van der Waals surface area contributed by atoms with E-state index in [-0.39, 0.29) is 6.54 Å². The van der Waals surface area contributed by atoms with Crippen LogP contribution < -0.4 is 0 Å². The number of aromatic nitrogens is 1. The molecule has 17 heavy (non-hydrogen) atoms. The lowest BCUT2D eigenvalue weighted by molar-refractivity contribution is -0.138. The molecule has 1 aromatic heterocycles. The zero-order valence-corrected chi connectivity index (χ0v) is 10.1. The number of hydrogen-bond acceptors (Lipinski definition) is 3. The summed E-state index contributed by atoms with van der Waals surface area (Å²) < 4.78 is 0. The van der Waals surface area contributed by atoms with E-state index >= 15 is 0 Å². The number of aliphatic carboxylic acids is 1. The second-order valence-corrected chi connectivity index (χ2v) is 4.77. The fourth-order valence-electron chi connectivity index (χ4n) is 1.94. The van der Waals surface area contributed by atoms with Crippen LogP contribution >= 0.6 is 0 Å². The molecule has 92 valence electrons. The average molecular weight is 234 g/mol. The highest BCUT2D eigenvalue weighted by Gasteiger charge is 2.25. The lowest BCUT2D eigenvalue weighted by atomic mass is 10.2. The summed E-state index contributed by atoms with van der Waals surface area (Å²) in [5, 5.41) is 8.90. The van der Waals surface area contributed by atoms with E-state index in [4.69, 9.17) is 5.11 Å². The topological polar surface area (TPSA) is 53.4 Å². The first kappa shape index (κ1) is 12.0. The van der Waals surface area contributed by atoms with Gasteiger partial charge < -0.3 is 5.11 Å². The maximum Gasteiger partial charge on any atom is 0.317 e. The molecule has 1 N–H and O–H groups in total. The first-order valence-electron chi connectivity index (χ1n) is 6.00. The number of aryl methyl sites for hydroxylation is 1. The predicted octanol–water partition coefficient (Wildman–Crippen LogP) is 1.69. The Morgan fingerprint density at radius 1 is 1.59 bits per heavy atom. The van der Waals surface area contributed by atoms with Crippen molar-refractivity contribution in [3.63, 3.8) is 0 Å². The zero-order valence-electron chi connectivity index (χ0n) is 10.1. The Morgan fingerprint density at radius 3 is 2.94 bits per heavy atom. The Morgan fingerprint density at radius 2 is 2.35 bits per heavy atom. The van der Waals surface area contributed by atoms with Gasteiger partial charge in [0.25, 0.3) is 0 Å². The Bertz CT molecular complexity index is 402. The van der Waals surface area contributed by atoms with Crippen molar-refractivity contribution in [2.24, 2.45) is 5.92 Å². The molecule has 1 heterocycles. The van der Waals surface area contributed by atoms with Gasteiger partial charge in [-0.3, -0.25) is 14.7 Å². The van der Waals surface area contributed by atoms with Crippen molar-refractivity contribution in [1.29, 1.82) is 0 Å². The van der Waals surface area contributed by atoms with Gasteiger partial charge in [0.05, 0.1) is 12.2 Å². The number of pyridine rings is 1. The molecule has 0 atom stereocenters. The summed E-state index contributed by atoms with van der Waals surface area (Å²) in [6, 6.07) is 3.92. The molecular weight excluding hydrogens is 216 g/mol. The molecule has 0 amide bonds. The Balaban J connectivity index is 2.00. The highest BCUT2D eigenvalue weighted by atomic mass is 16.4. The lowest BCUT2D eigenvalue weighted by Gasteiger charge is -2.20. The van der Waals surface area contributed by atoms with Crippen molar-refractivity contribution < 1.29 is 9.90 Å². The smallest absolute Gasteiger partial charge is 0.317 e. The fourth-order valence-corrected chi connectivity index (χ4v) is 1.94. The minimum absolute atomic E-state index is 0.104. The van der Waals surface area contributed by atoms with Gasteiger partial charge >= 0.3 is 5.97 Å². The van der Waals surface area contributed by atoms with Crippen LogP contribution in [0.3, 0.4) is 0 Å². The Hall–Kier alpha value is -1.42. The standard InChI is InChI=1S/C13H18N2O2/c1-10-3-2-6-14-12(10)8-15(9-13(16)17)7-11-4-5-11/h2-3,6,11H,4-5,7-9H2,1H3,(H,16,17). The molecular formula is C13H18N2O2. The second-order valence-electron chi connectivity index (χ2n) is 4.77. The molecule has 0 saturated heterocycles. The van der Waals surface area contributed by atoms with E-state index in [0.717, 1.165) is 17.8 Å². The summed E-state index contributed by atoms with van der Waals surface area (Å²) in [7, 11) is 0. The number of nitrogens with zero attached hydrogens (tertiary/aromatic N) is 2. The maximum absolute atomic E-state index is 10.8. The third-order valence-corrected chi connectivity index (χ3v) is 3.06. The zero-order chi connectivity index (χ0) is 12.3. The molecule has 4 nitrogen and oxygen atoms in total.